The van der Waals surface area contributed by atoms with E-state index in [1.54, 1.807) is 0 Å². The molecule has 1 fully saturated rings. The van der Waals surface area contributed by atoms with Gasteiger partial charge in [-0.1, -0.05) is 18.5 Å². The third-order valence-electron chi connectivity index (χ3n) is 3.19. The molecule has 5 heteroatoms. The maximum absolute atomic E-state index is 5.51. The van der Waals surface area contributed by atoms with E-state index in [2.05, 4.69) is 17.1 Å². The zero-order valence-corrected chi connectivity index (χ0v) is 11.2. The van der Waals surface area contributed by atoms with Crippen molar-refractivity contribution in [3.05, 3.63) is 11.7 Å². The Balaban J connectivity index is 1.94. The second-order valence-corrected chi connectivity index (χ2v) is 5.99. The van der Waals surface area contributed by atoms with Crippen molar-refractivity contribution in [1.82, 2.24) is 10.1 Å². The van der Waals surface area contributed by atoms with Crippen molar-refractivity contribution in [3.8, 4) is 0 Å². The molecular formula is C12H21N3OS. The Morgan fingerprint density at radius 3 is 3.12 bits per heavy atom. The topological polar surface area (TPSA) is 64.9 Å². The second kappa shape index (κ2) is 6.40. The number of hydrogen-bond acceptors (Lipinski definition) is 5. The van der Waals surface area contributed by atoms with Crippen LogP contribution in [-0.2, 0) is 0 Å². The largest absolute Gasteiger partial charge is 0.339 e. The molecule has 1 aliphatic rings. The van der Waals surface area contributed by atoms with Crippen molar-refractivity contribution in [3.63, 3.8) is 0 Å². The molecule has 1 aromatic rings. The van der Waals surface area contributed by atoms with Gasteiger partial charge in [0.2, 0.25) is 5.89 Å². The Bertz CT molecular complexity index is 336. The van der Waals surface area contributed by atoms with Crippen LogP contribution in [0.3, 0.4) is 0 Å². The van der Waals surface area contributed by atoms with Gasteiger partial charge in [-0.3, -0.25) is 0 Å². The lowest BCUT2D eigenvalue weighted by Crippen LogP contribution is -2.05. The molecule has 0 aliphatic carbocycles. The SMILES string of the molecule is CC(CCCN)c1nc(C2CCCCS2)no1. The maximum atomic E-state index is 5.51. The van der Waals surface area contributed by atoms with Gasteiger partial charge in [-0.05, 0) is 38.0 Å². The van der Waals surface area contributed by atoms with Gasteiger partial charge in [-0.15, -0.1) is 0 Å². The molecule has 17 heavy (non-hydrogen) atoms. The summed E-state index contributed by atoms with van der Waals surface area (Å²) in [6, 6.07) is 0. The molecule has 2 atom stereocenters. The molecule has 1 aliphatic heterocycles. The van der Waals surface area contributed by atoms with Gasteiger partial charge in [0.15, 0.2) is 5.82 Å². The minimum atomic E-state index is 0.327. The molecule has 0 bridgehead atoms. The van der Waals surface area contributed by atoms with Crippen molar-refractivity contribution in [1.29, 1.82) is 0 Å². The van der Waals surface area contributed by atoms with Crippen LogP contribution in [0.25, 0.3) is 0 Å². The highest BCUT2D eigenvalue weighted by Crippen LogP contribution is 2.37. The van der Waals surface area contributed by atoms with Crippen LogP contribution in [0, 0.1) is 0 Å². The van der Waals surface area contributed by atoms with E-state index in [9.17, 15) is 0 Å². The lowest BCUT2D eigenvalue weighted by molar-refractivity contribution is 0.347. The van der Waals surface area contributed by atoms with Crippen LogP contribution in [0.1, 0.15) is 61.9 Å². The van der Waals surface area contributed by atoms with Gasteiger partial charge >= 0.3 is 0 Å². The summed E-state index contributed by atoms with van der Waals surface area (Å²) in [5.74, 6) is 3.22. The summed E-state index contributed by atoms with van der Waals surface area (Å²) in [5.41, 5.74) is 5.51. The summed E-state index contributed by atoms with van der Waals surface area (Å²) in [5, 5.41) is 4.58. The highest BCUT2D eigenvalue weighted by molar-refractivity contribution is 7.99. The van der Waals surface area contributed by atoms with Gasteiger partial charge in [0.25, 0.3) is 0 Å². The van der Waals surface area contributed by atoms with Gasteiger partial charge in [0.1, 0.15) is 0 Å². The third kappa shape index (κ3) is 3.45. The maximum Gasteiger partial charge on any atom is 0.229 e. The smallest absolute Gasteiger partial charge is 0.229 e. The van der Waals surface area contributed by atoms with Crippen molar-refractivity contribution in [2.24, 2.45) is 5.73 Å². The molecule has 0 spiro atoms. The Morgan fingerprint density at radius 1 is 1.53 bits per heavy atom. The summed E-state index contributed by atoms with van der Waals surface area (Å²) < 4.78 is 5.36. The number of nitrogens with zero attached hydrogens (tertiary/aromatic N) is 2. The van der Waals surface area contributed by atoms with Crippen molar-refractivity contribution < 1.29 is 4.52 Å². The average Bonchev–Trinajstić information content (AvgIpc) is 2.86. The lowest BCUT2D eigenvalue weighted by Gasteiger charge is -2.17. The fourth-order valence-electron chi connectivity index (χ4n) is 2.07. The number of hydrogen-bond donors (Lipinski definition) is 1. The quantitative estimate of drug-likeness (QED) is 0.876. The minimum absolute atomic E-state index is 0.327. The van der Waals surface area contributed by atoms with Gasteiger partial charge < -0.3 is 10.3 Å². The predicted octanol–water partition coefficient (Wildman–Crippen LogP) is 2.87. The molecule has 0 aromatic carbocycles. The summed E-state index contributed by atoms with van der Waals surface area (Å²) in [6.45, 7) is 2.85. The molecule has 0 saturated carbocycles. The molecule has 1 saturated heterocycles. The molecule has 2 unspecified atom stereocenters. The number of nitrogens with two attached hydrogens (primary N) is 1. The highest BCUT2D eigenvalue weighted by atomic mass is 32.2. The Morgan fingerprint density at radius 2 is 2.41 bits per heavy atom. The van der Waals surface area contributed by atoms with Crippen molar-refractivity contribution in [2.45, 2.75) is 50.2 Å². The van der Waals surface area contributed by atoms with E-state index in [0.717, 1.165) is 31.1 Å². The Hall–Kier alpha value is -0.550. The van der Waals surface area contributed by atoms with Crippen LogP contribution in [0.2, 0.25) is 0 Å². The van der Waals surface area contributed by atoms with Gasteiger partial charge in [-0.2, -0.15) is 16.7 Å². The van der Waals surface area contributed by atoms with Crippen LogP contribution in [0.15, 0.2) is 4.52 Å². The first-order valence-corrected chi connectivity index (χ1v) is 7.51. The van der Waals surface area contributed by atoms with Gasteiger partial charge in [0, 0.05) is 5.92 Å². The fourth-order valence-corrected chi connectivity index (χ4v) is 3.30. The Labute approximate surface area is 107 Å². The summed E-state index contributed by atoms with van der Waals surface area (Å²) in [4.78, 5) is 4.55. The van der Waals surface area contributed by atoms with Gasteiger partial charge in [0.05, 0.1) is 5.25 Å². The zero-order chi connectivity index (χ0) is 12.1. The van der Waals surface area contributed by atoms with E-state index in [1.165, 1.54) is 25.0 Å². The normalized spacial score (nSPS) is 22.6. The van der Waals surface area contributed by atoms with E-state index in [4.69, 9.17) is 10.3 Å². The molecule has 2 heterocycles. The highest BCUT2D eigenvalue weighted by Gasteiger charge is 2.22. The standard InChI is InChI=1S/C12H21N3OS/c1-9(5-4-7-13)12-14-11(15-16-12)10-6-2-3-8-17-10/h9-10H,2-8,13H2,1H3. The minimum Gasteiger partial charge on any atom is -0.339 e. The number of aromatic nitrogens is 2. The third-order valence-corrected chi connectivity index (χ3v) is 4.56. The first kappa shape index (κ1) is 12.9. The number of thioether (sulfide) groups is 1. The first-order valence-electron chi connectivity index (χ1n) is 6.46. The summed E-state index contributed by atoms with van der Waals surface area (Å²) in [7, 11) is 0. The lowest BCUT2D eigenvalue weighted by atomic mass is 10.1. The van der Waals surface area contributed by atoms with Crippen molar-refractivity contribution >= 4 is 11.8 Å². The molecule has 1 aromatic heterocycles. The molecule has 4 nitrogen and oxygen atoms in total. The monoisotopic (exact) mass is 255 g/mol. The van der Waals surface area contributed by atoms with Crippen molar-refractivity contribution in [2.75, 3.05) is 12.3 Å². The summed E-state index contributed by atoms with van der Waals surface area (Å²) >= 11 is 1.95. The Kier molecular flexibility index (Phi) is 4.86. The summed E-state index contributed by atoms with van der Waals surface area (Å²) in [6.07, 6.45) is 5.82. The van der Waals surface area contributed by atoms with Crippen LogP contribution >= 0.6 is 11.8 Å². The van der Waals surface area contributed by atoms with Crippen LogP contribution in [0.4, 0.5) is 0 Å². The fraction of sp³-hybridized carbons (Fsp3) is 0.833. The van der Waals surface area contributed by atoms with E-state index < -0.39 is 0 Å². The van der Waals surface area contributed by atoms with E-state index in [0.29, 0.717) is 11.2 Å². The second-order valence-electron chi connectivity index (χ2n) is 4.68. The van der Waals surface area contributed by atoms with Crippen LogP contribution in [0.5, 0.6) is 0 Å². The van der Waals surface area contributed by atoms with Crippen LogP contribution in [-0.4, -0.2) is 22.4 Å². The molecule has 96 valence electrons. The molecular weight excluding hydrogens is 234 g/mol. The molecule has 0 amide bonds. The average molecular weight is 255 g/mol. The first-order chi connectivity index (χ1) is 8.31. The van der Waals surface area contributed by atoms with Gasteiger partial charge in [-0.25, -0.2) is 0 Å². The molecule has 0 radical (unpaired) electrons. The molecule has 2 rings (SSSR count). The van der Waals surface area contributed by atoms with E-state index in [1.807, 2.05) is 11.8 Å². The predicted molar refractivity (Wildman–Crippen MR) is 70.1 cm³/mol. The zero-order valence-electron chi connectivity index (χ0n) is 10.4. The number of rotatable bonds is 5. The van der Waals surface area contributed by atoms with E-state index >= 15 is 0 Å². The molecule has 2 N–H and O–H groups in total. The van der Waals surface area contributed by atoms with E-state index in [-0.39, 0.29) is 0 Å². The van der Waals surface area contributed by atoms with Crippen LogP contribution < -0.4 is 5.73 Å².